The highest BCUT2D eigenvalue weighted by atomic mass is 16.5. The molecule has 0 atom stereocenters. The van der Waals surface area contributed by atoms with Crippen molar-refractivity contribution in [3.63, 3.8) is 0 Å². The van der Waals surface area contributed by atoms with E-state index in [1.165, 1.54) is 12.8 Å². The Morgan fingerprint density at radius 2 is 2.04 bits per heavy atom. The number of unbranched alkanes of at least 4 members (excludes halogenated alkanes) is 4. The third-order valence-electron chi connectivity index (χ3n) is 3.74. The van der Waals surface area contributed by atoms with Gasteiger partial charge in [-0.15, -0.1) is 0 Å². The maximum Gasteiger partial charge on any atom is 0.348 e. The molecule has 0 saturated carbocycles. The molecular weight excluding hydrogens is 288 g/mol. The van der Waals surface area contributed by atoms with E-state index in [1.54, 1.807) is 12.3 Å². The van der Waals surface area contributed by atoms with Crippen LogP contribution < -0.4 is 0 Å². The summed E-state index contributed by atoms with van der Waals surface area (Å²) in [5, 5.41) is 10.2. The van der Waals surface area contributed by atoms with Crippen molar-refractivity contribution in [2.45, 2.75) is 39.0 Å². The predicted octanol–water partition coefficient (Wildman–Crippen LogP) is 4.59. The SMILES string of the molecule is CCCCCCCOC(=O)C(C#N)=Cc1c[nH]c2ccccc12. The summed E-state index contributed by atoms with van der Waals surface area (Å²) in [6, 6.07) is 9.70. The lowest BCUT2D eigenvalue weighted by molar-refractivity contribution is -0.138. The molecule has 0 aliphatic carbocycles. The Morgan fingerprint density at radius 3 is 2.83 bits per heavy atom. The minimum Gasteiger partial charge on any atom is -0.462 e. The molecule has 0 amide bonds. The highest BCUT2D eigenvalue weighted by Crippen LogP contribution is 2.20. The van der Waals surface area contributed by atoms with Gasteiger partial charge >= 0.3 is 5.97 Å². The average molecular weight is 310 g/mol. The second kappa shape index (κ2) is 8.79. The second-order valence-corrected chi connectivity index (χ2v) is 5.51. The maximum atomic E-state index is 12.0. The Kier molecular flexibility index (Phi) is 6.43. The minimum absolute atomic E-state index is 0.0308. The summed E-state index contributed by atoms with van der Waals surface area (Å²) in [6.07, 6.45) is 8.82. The number of aromatic amines is 1. The van der Waals surface area contributed by atoms with Crippen LogP contribution in [0, 0.1) is 11.3 Å². The van der Waals surface area contributed by atoms with Crippen molar-refractivity contribution in [3.05, 3.63) is 41.6 Å². The molecule has 0 saturated heterocycles. The molecule has 4 heteroatoms. The number of aromatic nitrogens is 1. The molecule has 4 nitrogen and oxygen atoms in total. The van der Waals surface area contributed by atoms with Crippen LogP contribution in [0.5, 0.6) is 0 Å². The van der Waals surface area contributed by atoms with E-state index in [-0.39, 0.29) is 5.57 Å². The maximum absolute atomic E-state index is 12.0. The number of hydrogen-bond acceptors (Lipinski definition) is 3. The van der Waals surface area contributed by atoms with Crippen LogP contribution >= 0.6 is 0 Å². The molecule has 1 aromatic heterocycles. The molecule has 0 spiro atoms. The van der Waals surface area contributed by atoms with Gasteiger partial charge in [0.2, 0.25) is 0 Å². The molecule has 0 aliphatic heterocycles. The Hall–Kier alpha value is -2.54. The fourth-order valence-electron chi connectivity index (χ4n) is 2.45. The molecule has 1 N–H and O–H groups in total. The number of nitrogens with zero attached hydrogens (tertiary/aromatic N) is 1. The number of benzene rings is 1. The van der Waals surface area contributed by atoms with Crippen LogP contribution in [-0.2, 0) is 9.53 Å². The molecule has 1 aromatic carbocycles. The fraction of sp³-hybridized carbons (Fsp3) is 0.368. The summed E-state index contributed by atoms with van der Waals surface area (Å²) in [5.41, 5.74) is 1.82. The first kappa shape index (κ1) is 16.8. The first-order chi connectivity index (χ1) is 11.3. The lowest BCUT2D eigenvalue weighted by Gasteiger charge is -2.03. The fourth-order valence-corrected chi connectivity index (χ4v) is 2.45. The number of esters is 1. The number of fused-ring (bicyclic) bond motifs is 1. The Balaban J connectivity index is 1.96. The van der Waals surface area contributed by atoms with Crippen LogP contribution in [0.3, 0.4) is 0 Å². The van der Waals surface area contributed by atoms with Crippen molar-refractivity contribution >= 4 is 22.9 Å². The highest BCUT2D eigenvalue weighted by molar-refractivity contribution is 6.01. The molecule has 0 aliphatic rings. The van der Waals surface area contributed by atoms with E-state index in [4.69, 9.17) is 4.74 Å². The van der Waals surface area contributed by atoms with E-state index in [2.05, 4.69) is 11.9 Å². The molecule has 120 valence electrons. The highest BCUT2D eigenvalue weighted by Gasteiger charge is 2.12. The lowest BCUT2D eigenvalue weighted by atomic mass is 10.1. The van der Waals surface area contributed by atoms with Gasteiger partial charge in [-0.2, -0.15) is 5.26 Å². The van der Waals surface area contributed by atoms with Gasteiger partial charge in [0, 0.05) is 22.7 Å². The van der Waals surface area contributed by atoms with Gasteiger partial charge in [-0.05, 0) is 18.6 Å². The van der Waals surface area contributed by atoms with Gasteiger partial charge in [0.05, 0.1) is 6.61 Å². The molecular formula is C19H22N2O2. The van der Waals surface area contributed by atoms with Gasteiger partial charge in [0.15, 0.2) is 0 Å². The van der Waals surface area contributed by atoms with Gasteiger partial charge in [-0.1, -0.05) is 50.8 Å². The first-order valence-electron chi connectivity index (χ1n) is 8.11. The number of H-pyrrole nitrogens is 1. The average Bonchev–Trinajstić information content (AvgIpc) is 2.98. The Labute approximate surface area is 136 Å². The molecule has 0 fully saturated rings. The van der Waals surface area contributed by atoms with Crippen molar-refractivity contribution in [2.24, 2.45) is 0 Å². The summed E-state index contributed by atoms with van der Waals surface area (Å²) >= 11 is 0. The van der Waals surface area contributed by atoms with Crippen molar-refractivity contribution in [1.82, 2.24) is 4.98 Å². The molecule has 1 heterocycles. The number of nitrogens with one attached hydrogen (secondary N) is 1. The van der Waals surface area contributed by atoms with Crippen LogP contribution in [0.2, 0.25) is 0 Å². The van der Waals surface area contributed by atoms with Crippen LogP contribution in [0.15, 0.2) is 36.0 Å². The van der Waals surface area contributed by atoms with E-state index < -0.39 is 5.97 Å². The van der Waals surface area contributed by atoms with E-state index in [1.807, 2.05) is 30.3 Å². The lowest BCUT2D eigenvalue weighted by Crippen LogP contribution is -2.08. The van der Waals surface area contributed by atoms with Gasteiger partial charge < -0.3 is 9.72 Å². The van der Waals surface area contributed by atoms with Crippen molar-refractivity contribution in [1.29, 1.82) is 5.26 Å². The Morgan fingerprint density at radius 1 is 1.26 bits per heavy atom. The standard InChI is InChI=1S/C19H22N2O2/c1-2-3-4-5-8-11-23-19(22)15(13-20)12-16-14-21-18-10-7-6-9-17(16)18/h6-7,9-10,12,14,21H,2-5,8,11H2,1H3. The minimum atomic E-state index is -0.548. The summed E-state index contributed by atoms with van der Waals surface area (Å²) in [6.45, 7) is 2.53. The largest absolute Gasteiger partial charge is 0.462 e. The van der Waals surface area contributed by atoms with Gasteiger partial charge in [0.1, 0.15) is 11.6 Å². The summed E-state index contributed by atoms with van der Waals surface area (Å²) in [7, 11) is 0. The Bertz CT molecular complexity index is 722. The molecule has 2 rings (SSSR count). The summed E-state index contributed by atoms with van der Waals surface area (Å²) < 4.78 is 5.20. The number of hydrogen-bond donors (Lipinski definition) is 1. The van der Waals surface area contributed by atoms with Crippen molar-refractivity contribution < 1.29 is 9.53 Å². The zero-order chi connectivity index (χ0) is 16.5. The molecule has 0 radical (unpaired) electrons. The van der Waals surface area contributed by atoms with E-state index in [9.17, 15) is 10.1 Å². The third kappa shape index (κ3) is 4.72. The summed E-state index contributed by atoms with van der Waals surface area (Å²) in [4.78, 5) is 15.1. The topological polar surface area (TPSA) is 65.9 Å². The van der Waals surface area contributed by atoms with Crippen molar-refractivity contribution in [2.75, 3.05) is 6.61 Å². The second-order valence-electron chi connectivity index (χ2n) is 5.51. The van der Waals surface area contributed by atoms with Crippen LogP contribution in [0.4, 0.5) is 0 Å². The van der Waals surface area contributed by atoms with E-state index in [0.29, 0.717) is 6.61 Å². The van der Waals surface area contributed by atoms with Crippen molar-refractivity contribution in [3.8, 4) is 6.07 Å². The monoisotopic (exact) mass is 310 g/mol. The van der Waals surface area contributed by atoms with Gasteiger partial charge in [-0.25, -0.2) is 4.79 Å². The molecule has 0 bridgehead atoms. The number of para-hydroxylation sites is 1. The van der Waals surface area contributed by atoms with Crippen LogP contribution in [-0.4, -0.2) is 17.6 Å². The van der Waals surface area contributed by atoms with Gasteiger partial charge in [-0.3, -0.25) is 0 Å². The van der Waals surface area contributed by atoms with E-state index >= 15 is 0 Å². The number of ether oxygens (including phenoxy) is 1. The number of carbonyl (C=O) groups excluding carboxylic acids is 1. The van der Waals surface area contributed by atoms with Gasteiger partial charge in [0.25, 0.3) is 0 Å². The molecule has 0 unspecified atom stereocenters. The quantitative estimate of drug-likeness (QED) is 0.336. The number of rotatable bonds is 8. The first-order valence-corrected chi connectivity index (χ1v) is 8.11. The predicted molar refractivity (Wildman–Crippen MR) is 91.6 cm³/mol. The van der Waals surface area contributed by atoms with E-state index in [0.717, 1.165) is 35.7 Å². The molecule has 23 heavy (non-hydrogen) atoms. The third-order valence-corrected chi connectivity index (χ3v) is 3.74. The number of nitriles is 1. The summed E-state index contributed by atoms with van der Waals surface area (Å²) in [5.74, 6) is -0.548. The smallest absolute Gasteiger partial charge is 0.348 e. The molecule has 2 aromatic rings. The normalized spacial score (nSPS) is 11.4. The van der Waals surface area contributed by atoms with Crippen LogP contribution in [0.25, 0.3) is 17.0 Å². The number of carbonyl (C=O) groups is 1. The zero-order valence-electron chi connectivity index (χ0n) is 13.5. The zero-order valence-corrected chi connectivity index (χ0v) is 13.5. The van der Waals surface area contributed by atoms with Crippen LogP contribution in [0.1, 0.15) is 44.6 Å².